The average molecular weight is 376 g/mol. The Morgan fingerprint density at radius 2 is 2.04 bits per heavy atom. The molecule has 0 saturated carbocycles. The summed E-state index contributed by atoms with van der Waals surface area (Å²) >= 11 is 0. The monoisotopic (exact) mass is 376 g/mol. The van der Waals surface area contributed by atoms with Crippen LogP contribution in [0.1, 0.15) is 27.2 Å². The molecule has 0 bridgehead atoms. The first-order valence-electron chi connectivity index (χ1n) is 9.04. The van der Waals surface area contributed by atoms with E-state index in [9.17, 15) is 9.59 Å². The van der Waals surface area contributed by atoms with E-state index >= 15 is 0 Å². The topological polar surface area (TPSA) is 96.1 Å². The highest BCUT2D eigenvalue weighted by Crippen LogP contribution is 2.25. The van der Waals surface area contributed by atoms with Crippen molar-refractivity contribution >= 4 is 17.8 Å². The maximum atomic E-state index is 12.1. The highest BCUT2D eigenvalue weighted by molar-refractivity contribution is 5.97. The molecular formula is C21H20N4O3. The second-order valence-electron chi connectivity index (χ2n) is 6.70. The van der Waals surface area contributed by atoms with E-state index in [1.165, 1.54) is 0 Å². The Labute approximate surface area is 162 Å². The molecule has 2 amide bonds. The summed E-state index contributed by atoms with van der Waals surface area (Å²) in [6.07, 6.45) is 1.79. The quantitative estimate of drug-likeness (QED) is 0.650. The Hall–Kier alpha value is -3.61. The van der Waals surface area contributed by atoms with E-state index < -0.39 is 6.09 Å². The molecule has 1 aliphatic rings. The highest BCUT2D eigenvalue weighted by Gasteiger charge is 2.20. The first-order valence-corrected chi connectivity index (χ1v) is 9.04. The summed E-state index contributed by atoms with van der Waals surface area (Å²) < 4.78 is 5.25. The molecule has 0 spiro atoms. The summed E-state index contributed by atoms with van der Waals surface area (Å²) in [7, 11) is 0. The Bertz CT molecular complexity index is 1020. The van der Waals surface area contributed by atoms with E-state index in [0.29, 0.717) is 17.9 Å². The third-order valence-corrected chi connectivity index (χ3v) is 4.60. The number of rotatable bonds is 4. The minimum atomic E-state index is -0.574. The van der Waals surface area contributed by atoms with Gasteiger partial charge in [0.2, 0.25) is 0 Å². The van der Waals surface area contributed by atoms with Crippen molar-refractivity contribution in [2.24, 2.45) is 0 Å². The van der Waals surface area contributed by atoms with Crippen LogP contribution in [-0.4, -0.2) is 28.5 Å². The third kappa shape index (κ3) is 3.88. The second-order valence-corrected chi connectivity index (χ2v) is 6.70. The summed E-state index contributed by atoms with van der Waals surface area (Å²) in [6, 6.07) is 13.2. The molecule has 28 heavy (non-hydrogen) atoms. The Balaban J connectivity index is 1.43. The van der Waals surface area contributed by atoms with Crippen LogP contribution in [0.15, 0.2) is 48.7 Å². The van der Waals surface area contributed by atoms with Crippen LogP contribution in [0.3, 0.4) is 0 Å². The first-order chi connectivity index (χ1) is 13.6. The van der Waals surface area contributed by atoms with Gasteiger partial charge in [0.1, 0.15) is 12.4 Å². The largest absolute Gasteiger partial charge is 0.444 e. The number of aromatic nitrogens is 2. The number of fused-ring (bicyclic) bond motifs is 1. The van der Waals surface area contributed by atoms with Crippen molar-refractivity contribution in [3.05, 3.63) is 71.0 Å². The van der Waals surface area contributed by atoms with Gasteiger partial charge in [-0.1, -0.05) is 29.8 Å². The third-order valence-electron chi connectivity index (χ3n) is 4.60. The predicted octanol–water partition coefficient (Wildman–Crippen LogP) is 3.42. The number of hydrogen-bond acceptors (Lipinski definition) is 4. The van der Waals surface area contributed by atoms with Gasteiger partial charge in [-0.05, 0) is 30.7 Å². The van der Waals surface area contributed by atoms with E-state index in [1.807, 2.05) is 43.3 Å². The molecule has 3 heterocycles. The van der Waals surface area contributed by atoms with E-state index in [-0.39, 0.29) is 12.5 Å². The maximum Gasteiger partial charge on any atom is 0.413 e. The highest BCUT2D eigenvalue weighted by atomic mass is 16.5. The van der Waals surface area contributed by atoms with Gasteiger partial charge in [-0.25, -0.2) is 9.78 Å². The van der Waals surface area contributed by atoms with Crippen LogP contribution >= 0.6 is 0 Å². The molecule has 0 radical (unpaired) electrons. The summed E-state index contributed by atoms with van der Waals surface area (Å²) in [5.41, 5.74) is 5.27. The van der Waals surface area contributed by atoms with E-state index in [4.69, 9.17) is 4.74 Å². The van der Waals surface area contributed by atoms with Crippen molar-refractivity contribution in [2.75, 3.05) is 11.9 Å². The van der Waals surface area contributed by atoms with Crippen LogP contribution in [0, 0.1) is 6.92 Å². The van der Waals surface area contributed by atoms with Crippen LogP contribution in [0.2, 0.25) is 0 Å². The molecule has 1 aromatic carbocycles. The smallest absolute Gasteiger partial charge is 0.413 e. The first kappa shape index (κ1) is 17.8. The average Bonchev–Trinajstić information content (AvgIpc) is 3.14. The molecule has 7 nitrogen and oxygen atoms in total. The van der Waals surface area contributed by atoms with Gasteiger partial charge in [-0.15, -0.1) is 0 Å². The summed E-state index contributed by atoms with van der Waals surface area (Å²) in [5.74, 6) is 0.305. The number of amides is 2. The molecule has 142 valence electrons. The van der Waals surface area contributed by atoms with E-state index in [1.54, 1.807) is 12.3 Å². The lowest BCUT2D eigenvalue weighted by Gasteiger charge is -2.11. The zero-order valence-electron chi connectivity index (χ0n) is 15.4. The fraction of sp³-hybridized carbons (Fsp3) is 0.190. The molecule has 0 aliphatic carbocycles. The number of carbonyl (C=O) groups excluding carboxylic acids is 2. The van der Waals surface area contributed by atoms with Crippen molar-refractivity contribution in [1.29, 1.82) is 0 Å². The van der Waals surface area contributed by atoms with Crippen molar-refractivity contribution < 1.29 is 14.3 Å². The number of hydrogen-bond donors (Lipinski definition) is 3. The lowest BCUT2D eigenvalue weighted by molar-refractivity contribution is 0.0946. The number of pyridine rings is 1. The van der Waals surface area contributed by atoms with E-state index in [0.717, 1.165) is 34.5 Å². The van der Waals surface area contributed by atoms with Crippen LogP contribution in [0.25, 0.3) is 11.3 Å². The fourth-order valence-corrected chi connectivity index (χ4v) is 3.09. The number of anilines is 1. The SMILES string of the molecule is Cc1ccc(COC(=O)Nc2cc(-c3cc4c([nH]3)CCNC4=O)ccn2)cc1. The molecule has 4 rings (SSSR count). The zero-order chi connectivity index (χ0) is 19.5. The van der Waals surface area contributed by atoms with Crippen molar-refractivity contribution in [3.63, 3.8) is 0 Å². The van der Waals surface area contributed by atoms with E-state index in [2.05, 4.69) is 20.6 Å². The molecule has 3 N–H and O–H groups in total. The van der Waals surface area contributed by atoms with Crippen LogP contribution in [0.5, 0.6) is 0 Å². The molecule has 0 saturated heterocycles. The lowest BCUT2D eigenvalue weighted by atomic mass is 10.1. The number of H-pyrrole nitrogens is 1. The number of nitrogens with zero attached hydrogens (tertiary/aromatic N) is 1. The lowest BCUT2D eigenvalue weighted by Crippen LogP contribution is -2.31. The number of benzene rings is 1. The predicted molar refractivity (Wildman–Crippen MR) is 105 cm³/mol. The second kappa shape index (κ2) is 7.56. The van der Waals surface area contributed by atoms with Gasteiger partial charge >= 0.3 is 6.09 Å². The summed E-state index contributed by atoms with van der Waals surface area (Å²) in [4.78, 5) is 31.4. The van der Waals surface area contributed by atoms with Gasteiger partial charge in [0.05, 0.1) is 5.56 Å². The number of aromatic amines is 1. The number of carbonyl (C=O) groups is 2. The van der Waals surface area contributed by atoms with Gasteiger partial charge in [-0.2, -0.15) is 0 Å². The number of aryl methyl sites for hydroxylation is 1. The molecular weight excluding hydrogens is 356 g/mol. The molecule has 0 unspecified atom stereocenters. The normalized spacial score (nSPS) is 12.8. The fourth-order valence-electron chi connectivity index (χ4n) is 3.09. The number of nitrogens with one attached hydrogen (secondary N) is 3. The molecule has 3 aromatic rings. The van der Waals surface area contributed by atoms with Crippen LogP contribution in [-0.2, 0) is 17.8 Å². The Morgan fingerprint density at radius 1 is 1.21 bits per heavy atom. The van der Waals surface area contributed by atoms with Crippen molar-refractivity contribution in [3.8, 4) is 11.3 Å². The van der Waals surface area contributed by atoms with Gasteiger partial charge in [0.15, 0.2) is 0 Å². The van der Waals surface area contributed by atoms with Crippen molar-refractivity contribution in [1.82, 2.24) is 15.3 Å². The molecule has 2 aromatic heterocycles. The standard InChI is InChI=1S/C21H20N4O3/c1-13-2-4-14(5-3-13)12-28-21(27)25-19-10-15(6-8-22-19)18-11-16-17(24-18)7-9-23-20(16)26/h2-6,8,10-11,24H,7,9,12H2,1H3,(H,23,26)(H,22,25,27). The summed E-state index contributed by atoms with van der Waals surface area (Å²) in [6.45, 7) is 2.81. The van der Waals surface area contributed by atoms with Crippen molar-refractivity contribution in [2.45, 2.75) is 20.0 Å². The van der Waals surface area contributed by atoms with Gasteiger partial charge < -0.3 is 15.0 Å². The Morgan fingerprint density at radius 3 is 2.82 bits per heavy atom. The summed E-state index contributed by atoms with van der Waals surface area (Å²) in [5, 5.41) is 5.46. The van der Waals surface area contributed by atoms with Gasteiger partial charge in [0, 0.05) is 36.1 Å². The minimum absolute atomic E-state index is 0.0733. The van der Waals surface area contributed by atoms with Crippen LogP contribution < -0.4 is 10.6 Å². The number of ether oxygens (including phenoxy) is 1. The van der Waals surface area contributed by atoms with Gasteiger partial charge in [0.25, 0.3) is 5.91 Å². The Kier molecular flexibility index (Phi) is 4.80. The molecule has 0 fully saturated rings. The van der Waals surface area contributed by atoms with Gasteiger partial charge in [-0.3, -0.25) is 10.1 Å². The zero-order valence-corrected chi connectivity index (χ0v) is 15.4. The molecule has 1 aliphatic heterocycles. The molecule has 0 atom stereocenters. The molecule has 7 heteroatoms. The maximum absolute atomic E-state index is 12.1. The van der Waals surface area contributed by atoms with Crippen LogP contribution in [0.4, 0.5) is 10.6 Å². The minimum Gasteiger partial charge on any atom is -0.444 e.